The molecule has 152 valence electrons. The molecule has 1 heterocycles. The normalized spacial score (nSPS) is 16.6. The van der Waals surface area contributed by atoms with Gasteiger partial charge in [0.2, 0.25) is 5.91 Å². The largest absolute Gasteiger partial charge is 0.353 e. The van der Waals surface area contributed by atoms with Gasteiger partial charge in [0, 0.05) is 25.4 Å². The second kappa shape index (κ2) is 8.58. The van der Waals surface area contributed by atoms with Crippen LogP contribution in [0.1, 0.15) is 43.6 Å². The fourth-order valence-corrected chi connectivity index (χ4v) is 3.76. The predicted molar refractivity (Wildman–Crippen MR) is 108 cm³/mol. The van der Waals surface area contributed by atoms with Crippen LogP contribution in [-0.2, 0) is 11.8 Å². The molecule has 2 aromatic rings. The quantitative estimate of drug-likeness (QED) is 0.811. The van der Waals surface area contributed by atoms with Crippen molar-refractivity contribution in [3.8, 4) is 17.2 Å². The Labute approximate surface area is 169 Å². The lowest BCUT2D eigenvalue weighted by molar-refractivity contribution is -0.127. The number of nitrogens with zero attached hydrogens (tertiary/aromatic N) is 2. The number of benzene rings is 1. The third-order valence-electron chi connectivity index (χ3n) is 5.61. The van der Waals surface area contributed by atoms with Crippen molar-refractivity contribution in [2.45, 2.75) is 43.6 Å². The van der Waals surface area contributed by atoms with E-state index in [4.69, 9.17) is 5.73 Å². The lowest BCUT2D eigenvalue weighted by Gasteiger charge is -2.32. The third kappa shape index (κ3) is 4.54. The molecule has 7 heteroatoms. The van der Waals surface area contributed by atoms with E-state index in [1.54, 1.807) is 30.5 Å². The molecule has 3 rings (SSSR count). The predicted octanol–water partition coefficient (Wildman–Crippen LogP) is 2.58. The highest BCUT2D eigenvalue weighted by molar-refractivity contribution is 5.86. The molecule has 0 radical (unpaired) electrons. The van der Waals surface area contributed by atoms with Crippen LogP contribution in [0.25, 0.3) is 11.1 Å². The SMILES string of the molecule is Cn1cc(-c2ccc(C(C#N)CNC(=O)C3(N)CCCCC3)cc2)cc(F)c1=O. The van der Waals surface area contributed by atoms with E-state index in [2.05, 4.69) is 11.4 Å². The molecule has 1 aliphatic carbocycles. The zero-order chi connectivity index (χ0) is 21.0. The van der Waals surface area contributed by atoms with Crippen LogP contribution in [0.2, 0.25) is 0 Å². The summed E-state index contributed by atoms with van der Waals surface area (Å²) in [6, 6.07) is 10.5. The van der Waals surface area contributed by atoms with E-state index in [0.29, 0.717) is 18.4 Å². The van der Waals surface area contributed by atoms with Crippen molar-refractivity contribution in [1.29, 1.82) is 5.26 Å². The van der Waals surface area contributed by atoms with Gasteiger partial charge in [-0.05, 0) is 30.0 Å². The molecular formula is C22H25FN4O2. The molecule has 0 bridgehead atoms. The van der Waals surface area contributed by atoms with Crippen molar-refractivity contribution >= 4 is 5.91 Å². The van der Waals surface area contributed by atoms with Gasteiger partial charge in [-0.25, -0.2) is 4.39 Å². The number of hydrogen-bond acceptors (Lipinski definition) is 4. The maximum atomic E-state index is 13.7. The van der Waals surface area contributed by atoms with Crippen LogP contribution in [0, 0.1) is 17.1 Å². The molecule has 6 nitrogen and oxygen atoms in total. The Balaban J connectivity index is 1.70. The van der Waals surface area contributed by atoms with Crippen LogP contribution in [-0.4, -0.2) is 22.6 Å². The zero-order valence-corrected chi connectivity index (χ0v) is 16.5. The summed E-state index contributed by atoms with van der Waals surface area (Å²) in [6.45, 7) is 0.183. The molecule has 1 fully saturated rings. The van der Waals surface area contributed by atoms with E-state index in [1.807, 2.05) is 0 Å². The van der Waals surface area contributed by atoms with Crippen LogP contribution in [0.15, 0.2) is 41.3 Å². The number of rotatable bonds is 5. The fourth-order valence-electron chi connectivity index (χ4n) is 3.76. The number of carbonyl (C=O) groups is 1. The number of hydrogen-bond donors (Lipinski definition) is 2. The Kier molecular flexibility index (Phi) is 6.14. The Bertz CT molecular complexity index is 959. The number of aryl methyl sites for hydroxylation is 1. The van der Waals surface area contributed by atoms with E-state index < -0.39 is 22.8 Å². The molecule has 3 N–H and O–H groups in total. The summed E-state index contributed by atoms with van der Waals surface area (Å²) in [7, 11) is 1.49. The van der Waals surface area contributed by atoms with Gasteiger partial charge < -0.3 is 15.6 Å². The molecule has 0 saturated heterocycles. The molecule has 1 aliphatic rings. The molecule has 1 amide bonds. The number of nitrogens with two attached hydrogens (primary N) is 1. The number of nitriles is 1. The smallest absolute Gasteiger partial charge is 0.286 e. The van der Waals surface area contributed by atoms with Gasteiger partial charge in [0.25, 0.3) is 5.56 Å². The molecule has 29 heavy (non-hydrogen) atoms. The van der Waals surface area contributed by atoms with Crippen molar-refractivity contribution in [1.82, 2.24) is 9.88 Å². The summed E-state index contributed by atoms with van der Waals surface area (Å²) in [4.78, 5) is 24.0. The Hall–Kier alpha value is -2.98. The molecule has 1 aromatic heterocycles. The van der Waals surface area contributed by atoms with Crippen molar-refractivity contribution in [3.05, 3.63) is 58.3 Å². The van der Waals surface area contributed by atoms with Crippen LogP contribution < -0.4 is 16.6 Å². The standard InChI is InChI=1S/C22H25FN4O2/c1-27-14-17(11-19(23)20(27)28)15-5-7-16(8-6-15)18(12-24)13-26-21(29)22(25)9-3-2-4-10-22/h5-8,11,14,18H,2-4,9-10,13,25H2,1H3,(H,26,29). The summed E-state index contributed by atoms with van der Waals surface area (Å²) < 4.78 is 14.9. The van der Waals surface area contributed by atoms with E-state index in [0.717, 1.165) is 30.4 Å². The van der Waals surface area contributed by atoms with E-state index in [9.17, 15) is 19.2 Å². The maximum Gasteiger partial charge on any atom is 0.286 e. The summed E-state index contributed by atoms with van der Waals surface area (Å²) in [6.07, 6.45) is 5.88. The highest BCUT2D eigenvalue weighted by atomic mass is 19.1. The molecule has 1 aromatic carbocycles. The first kappa shape index (κ1) is 20.7. The molecule has 1 atom stereocenters. The number of pyridine rings is 1. The van der Waals surface area contributed by atoms with E-state index >= 15 is 0 Å². The minimum Gasteiger partial charge on any atom is -0.353 e. The monoisotopic (exact) mass is 396 g/mol. The van der Waals surface area contributed by atoms with Gasteiger partial charge in [-0.2, -0.15) is 5.26 Å². The third-order valence-corrected chi connectivity index (χ3v) is 5.61. The maximum absolute atomic E-state index is 13.7. The average molecular weight is 396 g/mol. The van der Waals surface area contributed by atoms with Crippen molar-refractivity contribution in [3.63, 3.8) is 0 Å². The van der Waals surface area contributed by atoms with Gasteiger partial charge in [-0.1, -0.05) is 43.5 Å². The molecule has 1 saturated carbocycles. The van der Waals surface area contributed by atoms with Gasteiger partial charge in [-0.3, -0.25) is 9.59 Å². The Morgan fingerprint density at radius 1 is 1.28 bits per heavy atom. The molecule has 1 unspecified atom stereocenters. The van der Waals surface area contributed by atoms with Crippen LogP contribution >= 0.6 is 0 Å². The number of nitrogens with one attached hydrogen (secondary N) is 1. The zero-order valence-electron chi connectivity index (χ0n) is 16.5. The highest BCUT2D eigenvalue weighted by Gasteiger charge is 2.35. The molecule has 0 spiro atoms. The van der Waals surface area contributed by atoms with Crippen molar-refractivity contribution < 1.29 is 9.18 Å². The number of amides is 1. The van der Waals surface area contributed by atoms with E-state index in [-0.39, 0.29) is 12.5 Å². The topological polar surface area (TPSA) is 101 Å². The summed E-state index contributed by atoms with van der Waals surface area (Å²) in [5.74, 6) is -1.53. The first-order chi connectivity index (χ1) is 13.8. The summed E-state index contributed by atoms with van der Waals surface area (Å²) in [5.41, 5.74) is 6.77. The van der Waals surface area contributed by atoms with Gasteiger partial charge in [-0.15, -0.1) is 0 Å². The second-order valence-corrected chi connectivity index (χ2v) is 7.72. The first-order valence-corrected chi connectivity index (χ1v) is 9.77. The molecule has 0 aliphatic heterocycles. The minimum atomic E-state index is -0.838. The van der Waals surface area contributed by atoms with Gasteiger partial charge >= 0.3 is 0 Å². The van der Waals surface area contributed by atoms with Crippen molar-refractivity contribution in [2.75, 3.05) is 6.54 Å². The lowest BCUT2D eigenvalue weighted by atomic mass is 9.82. The first-order valence-electron chi connectivity index (χ1n) is 9.77. The second-order valence-electron chi connectivity index (χ2n) is 7.72. The number of aromatic nitrogens is 1. The average Bonchev–Trinajstić information content (AvgIpc) is 2.73. The van der Waals surface area contributed by atoms with Crippen LogP contribution in [0.4, 0.5) is 4.39 Å². The van der Waals surface area contributed by atoms with Crippen molar-refractivity contribution in [2.24, 2.45) is 12.8 Å². The van der Waals surface area contributed by atoms with Gasteiger partial charge in [0.15, 0.2) is 5.82 Å². The highest BCUT2D eigenvalue weighted by Crippen LogP contribution is 2.26. The Morgan fingerprint density at radius 2 is 1.93 bits per heavy atom. The van der Waals surface area contributed by atoms with Crippen LogP contribution in [0.3, 0.4) is 0 Å². The number of halogens is 1. The van der Waals surface area contributed by atoms with Gasteiger partial charge in [0.05, 0.1) is 17.5 Å². The fraction of sp³-hybridized carbons (Fsp3) is 0.409. The summed E-state index contributed by atoms with van der Waals surface area (Å²) >= 11 is 0. The van der Waals surface area contributed by atoms with Gasteiger partial charge in [0.1, 0.15) is 0 Å². The lowest BCUT2D eigenvalue weighted by Crippen LogP contribution is -2.55. The minimum absolute atomic E-state index is 0.183. The van der Waals surface area contributed by atoms with Crippen LogP contribution in [0.5, 0.6) is 0 Å². The van der Waals surface area contributed by atoms with E-state index in [1.165, 1.54) is 17.7 Å². The Morgan fingerprint density at radius 3 is 2.52 bits per heavy atom. The molecular weight excluding hydrogens is 371 g/mol. The summed E-state index contributed by atoms with van der Waals surface area (Å²) in [5, 5.41) is 12.4. The number of carbonyl (C=O) groups excluding carboxylic acids is 1.